The number of rotatable bonds is 4. The molecule has 0 heterocycles. The number of nitro groups is 1. The molecular weight excluding hydrogens is 292 g/mol. The predicted molar refractivity (Wildman–Crippen MR) is 82.2 cm³/mol. The van der Waals surface area contributed by atoms with E-state index in [4.69, 9.17) is 11.6 Å². The van der Waals surface area contributed by atoms with E-state index in [1.807, 2.05) is 0 Å². The van der Waals surface area contributed by atoms with Gasteiger partial charge in [0.1, 0.15) is 0 Å². The van der Waals surface area contributed by atoms with Gasteiger partial charge in [0.05, 0.1) is 4.92 Å². The largest absolute Gasteiger partial charge is 0.322 e. The van der Waals surface area contributed by atoms with Gasteiger partial charge in [-0.1, -0.05) is 17.7 Å². The van der Waals surface area contributed by atoms with E-state index in [0.717, 1.165) is 0 Å². The van der Waals surface area contributed by atoms with Crippen molar-refractivity contribution in [3.63, 3.8) is 0 Å². The third-order valence-corrected chi connectivity index (χ3v) is 2.86. The van der Waals surface area contributed by atoms with Crippen LogP contribution in [0.15, 0.2) is 54.6 Å². The van der Waals surface area contributed by atoms with Crippen molar-refractivity contribution in [3.05, 3.63) is 75.3 Å². The summed E-state index contributed by atoms with van der Waals surface area (Å²) in [5.41, 5.74) is 1.30. The molecule has 0 bridgehead atoms. The average molecular weight is 303 g/mol. The van der Waals surface area contributed by atoms with E-state index in [2.05, 4.69) is 5.32 Å². The summed E-state index contributed by atoms with van der Waals surface area (Å²) in [4.78, 5) is 21.8. The van der Waals surface area contributed by atoms with Crippen LogP contribution >= 0.6 is 11.6 Å². The SMILES string of the molecule is O=C(/C=C/c1ccc([N+](=O)[O-])cc1)Nc1cccc(Cl)c1. The third kappa shape index (κ3) is 4.43. The molecule has 0 aromatic heterocycles. The maximum absolute atomic E-state index is 11.7. The Morgan fingerprint density at radius 2 is 1.90 bits per heavy atom. The van der Waals surface area contributed by atoms with E-state index in [1.54, 1.807) is 42.5 Å². The summed E-state index contributed by atoms with van der Waals surface area (Å²) in [7, 11) is 0. The summed E-state index contributed by atoms with van der Waals surface area (Å²) >= 11 is 5.82. The Morgan fingerprint density at radius 3 is 2.52 bits per heavy atom. The van der Waals surface area contributed by atoms with Gasteiger partial charge in [-0.05, 0) is 42.0 Å². The van der Waals surface area contributed by atoms with Crippen LogP contribution in [0, 0.1) is 10.1 Å². The van der Waals surface area contributed by atoms with Crippen LogP contribution in [0.25, 0.3) is 6.08 Å². The lowest BCUT2D eigenvalue weighted by Gasteiger charge is -2.01. The average Bonchev–Trinajstić information content (AvgIpc) is 2.45. The van der Waals surface area contributed by atoms with Crippen molar-refractivity contribution in [1.82, 2.24) is 0 Å². The molecule has 2 rings (SSSR count). The van der Waals surface area contributed by atoms with Gasteiger partial charge < -0.3 is 5.32 Å². The molecule has 1 N–H and O–H groups in total. The van der Waals surface area contributed by atoms with Crippen LogP contribution in [0.3, 0.4) is 0 Å². The molecule has 0 saturated carbocycles. The number of hydrogen-bond donors (Lipinski definition) is 1. The molecule has 0 aliphatic heterocycles. The standard InChI is InChI=1S/C15H11ClN2O3/c16-12-2-1-3-13(10-12)17-15(19)9-6-11-4-7-14(8-5-11)18(20)21/h1-10H,(H,17,19)/b9-6+. The lowest BCUT2D eigenvalue weighted by atomic mass is 10.2. The first kappa shape index (κ1) is 14.7. The molecule has 2 aromatic rings. The minimum Gasteiger partial charge on any atom is -0.322 e. The highest BCUT2D eigenvalue weighted by atomic mass is 35.5. The van der Waals surface area contributed by atoms with Crippen molar-refractivity contribution in [2.24, 2.45) is 0 Å². The maximum Gasteiger partial charge on any atom is 0.269 e. The molecule has 21 heavy (non-hydrogen) atoms. The van der Waals surface area contributed by atoms with Crippen LogP contribution < -0.4 is 5.32 Å². The Bertz CT molecular complexity index is 696. The second kappa shape index (κ2) is 6.67. The van der Waals surface area contributed by atoms with E-state index < -0.39 is 4.92 Å². The predicted octanol–water partition coefficient (Wildman–Crippen LogP) is 3.90. The molecule has 0 fully saturated rings. The number of nitrogens with one attached hydrogen (secondary N) is 1. The minimum atomic E-state index is -0.473. The van der Waals surface area contributed by atoms with Gasteiger partial charge in [-0.15, -0.1) is 0 Å². The minimum absolute atomic E-state index is 0.00975. The Balaban J connectivity index is 2.00. The van der Waals surface area contributed by atoms with Gasteiger partial charge in [-0.2, -0.15) is 0 Å². The van der Waals surface area contributed by atoms with Gasteiger partial charge in [0, 0.05) is 28.9 Å². The first-order valence-corrected chi connectivity index (χ1v) is 6.41. The van der Waals surface area contributed by atoms with Crippen molar-refractivity contribution in [3.8, 4) is 0 Å². The van der Waals surface area contributed by atoms with E-state index in [1.165, 1.54) is 18.2 Å². The molecule has 0 atom stereocenters. The molecule has 5 nitrogen and oxygen atoms in total. The number of benzene rings is 2. The van der Waals surface area contributed by atoms with Gasteiger partial charge in [-0.25, -0.2) is 0 Å². The zero-order valence-electron chi connectivity index (χ0n) is 10.8. The number of amides is 1. The number of nitrogens with zero attached hydrogens (tertiary/aromatic N) is 1. The Morgan fingerprint density at radius 1 is 1.19 bits per heavy atom. The molecule has 106 valence electrons. The van der Waals surface area contributed by atoms with Gasteiger partial charge in [0.25, 0.3) is 5.69 Å². The highest BCUT2D eigenvalue weighted by Crippen LogP contribution is 2.15. The summed E-state index contributed by atoms with van der Waals surface area (Å²) in [6, 6.07) is 12.7. The topological polar surface area (TPSA) is 72.2 Å². The molecule has 0 unspecified atom stereocenters. The number of hydrogen-bond acceptors (Lipinski definition) is 3. The Hall–Kier alpha value is -2.66. The summed E-state index contributed by atoms with van der Waals surface area (Å²) < 4.78 is 0. The van der Waals surface area contributed by atoms with Crippen molar-refractivity contribution in [2.45, 2.75) is 0 Å². The molecule has 6 heteroatoms. The fourth-order valence-electron chi connectivity index (χ4n) is 1.63. The van der Waals surface area contributed by atoms with Crippen molar-refractivity contribution >= 4 is 35.0 Å². The quantitative estimate of drug-likeness (QED) is 0.529. The maximum atomic E-state index is 11.7. The fourth-order valence-corrected chi connectivity index (χ4v) is 1.82. The van der Waals surface area contributed by atoms with Crippen LogP contribution in [0.1, 0.15) is 5.56 Å². The fraction of sp³-hybridized carbons (Fsp3) is 0. The molecule has 2 aromatic carbocycles. The molecule has 1 amide bonds. The smallest absolute Gasteiger partial charge is 0.269 e. The number of carbonyl (C=O) groups is 1. The van der Waals surface area contributed by atoms with Crippen LogP contribution in [0.2, 0.25) is 5.02 Å². The lowest BCUT2D eigenvalue weighted by Crippen LogP contribution is -2.07. The number of halogens is 1. The highest BCUT2D eigenvalue weighted by molar-refractivity contribution is 6.30. The van der Waals surface area contributed by atoms with Crippen LogP contribution in [0.4, 0.5) is 11.4 Å². The Kier molecular flexibility index (Phi) is 4.68. The zero-order valence-corrected chi connectivity index (χ0v) is 11.6. The van der Waals surface area contributed by atoms with Gasteiger partial charge in [0.2, 0.25) is 5.91 Å². The number of anilines is 1. The third-order valence-electron chi connectivity index (χ3n) is 2.62. The first-order chi connectivity index (χ1) is 10.0. The van der Waals surface area contributed by atoms with E-state index in [9.17, 15) is 14.9 Å². The summed E-state index contributed by atoms with van der Waals surface area (Å²) in [6.45, 7) is 0. The Labute approximate surface area is 126 Å². The summed E-state index contributed by atoms with van der Waals surface area (Å²) in [5.74, 6) is -0.310. The lowest BCUT2D eigenvalue weighted by molar-refractivity contribution is -0.384. The van der Waals surface area contributed by atoms with Gasteiger partial charge in [0.15, 0.2) is 0 Å². The molecule has 0 saturated heterocycles. The molecular formula is C15H11ClN2O3. The second-order valence-corrected chi connectivity index (χ2v) is 4.62. The van der Waals surface area contributed by atoms with Crippen LogP contribution in [0.5, 0.6) is 0 Å². The van der Waals surface area contributed by atoms with Gasteiger partial charge in [-0.3, -0.25) is 14.9 Å². The summed E-state index contributed by atoms with van der Waals surface area (Å²) in [5, 5.41) is 13.7. The number of non-ortho nitro benzene ring substituents is 1. The van der Waals surface area contributed by atoms with Crippen molar-refractivity contribution < 1.29 is 9.72 Å². The highest BCUT2D eigenvalue weighted by Gasteiger charge is 2.03. The molecule has 0 aliphatic rings. The van der Waals surface area contributed by atoms with Crippen molar-refractivity contribution in [2.75, 3.05) is 5.32 Å². The molecule has 0 aliphatic carbocycles. The van der Waals surface area contributed by atoms with E-state index >= 15 is 0 Å². The van der Waals surface area contributed by atoms with Crippen molar-refractivity contribution in [1.29, 1.82) is 0 Å². The number of carbonyl (C=O) groups excluding carboxylic acids is 1. The normalized spacial score (nSPS) is 10.5. The zero-order chi connectivity index (χ0) is 15.2. The summed E-state index contributed by atoms with van der Waals surface area (Å²) in [6.07, 6.45) is 2.92. The second-order valence-electron chi connectivity index (χ2n) is 4.18. The van der Waals surface area contributed by atoms with E-state index in [0.29, 0.717) is 16.3 Å². The van der Waals surface area contributed by atoms with Crippen LogP contribution in [-0.4, -0.2) is 10.8 Å². The van der Waals surface area contributed by atoms with Crippen LogP contribution in [-0.2, 0) is 4.79 Å². The molecule has 0 spiro atoms. The monoisotopic (exact) mass is 302 g/mol. The number of nitro benzene ring substituents is 1. The first-order valence-electron chi connectivity index (χ1n) is 6.04. The molecule has 0 radical (unpaired) electrons. The van der Waals surface area contributed by atoms with Gasteiger partial charge >= 0.3 is 0 Å². The van der Waals surface area contributed by atoms with E-state index in [-0.39, 0.29) is 11.6 Å².